The molecule has 1 fully saturated rings. The van der Waals surface area contributed by atoms with Gasteiger partial charge in [0.15, 0.2) is 5.96 Å². The van der Waals surface area contributed by atoms with E-state index in [1.807, 2.05) is 48.5 Å². The first kappa shape index (κ1) is 22.3. The van der Waals surface area contributed by atoms with Crippen molar-refractivity contribution in [3.05, 3.63) is 60.2 Å². The van der Waals surface area contributed by atoms with Crippen molar-refractivity contribution in [1.82, 2.24) is 10.2 Å². The first-order valence-electron chi connectivity index (χ1n) is 9.67. The topological polar surface area (TPSA) is 46.1 Å². The molecule has 0 aliphatic carbocycles. The highest BCUT2D eigenvalue weighted by Crippen LogP contribution is 2.20. The quantitative estimate of drug-likeness (QED) is 0.369. The van der Waals surface area contributed by atoms with Crippen LogP contribution >= 0.6 is 24.0 Å². The highest BCUT2D eigenvalue weighted by atomic mass is 127. The number of benzene rings is 2. The number of nitrogens with zero attached hydrogens (tertiary/aromatic N) is 2. The number of guanidine groups is 1. The van der Waals surface area contributed by atoms with Gasteiger partial charge in [-0.15, -0.1) is 24.0 Å². The monoisotopic (exact) mass is 495 g/mol. The normalized spacial score (nSPS) is 14.9. The van der Waals surface area contributed by atoms with Crippen molar-refractivity contribution in [1.29, 1.82) is 0 Å². The van der Waals surface area contributed by atoms with Crippen molar-refractivity contribution >= 4 is 29.9 Å². The Hall–Kier alpha value is -1.96. The number of methoxy groups -OCH3 is 1. The summed E-state index contributed by atoms with van der Waals surface area (Å²) in [5, 5.41) is 3.42. The molecule has 0 aromatic heterocycles. The number of nitrogens with one attached hydrogen (secondary N) is 1. The van der Waals surface area contributed by atoms with E-state index in [9.17, 15) is 0 Å². The molecule has 152 valence electrons. The van der Waals surface area contributed by atoms with Crippen molar-refractivity contribution in [2.75, 3.05) is 26.7 Å². The van der Waals surface area contributed by atoms with Gasteiger partial charge in [-0.3, -0.25) is 0 Å². The van der Waals surface area contributed by atoms with Gasteiger partial charge in [0, 0.05) is 38.0 Å². The van der Waals surface area contributed by atoms with Crippen LogP contribution in [0.4, 0.5) is 0 Å². The minimum atomic E-state index is 0. The number of para-hydroxylation sites is 2. The lowest BCUT2D eigenvalue weighted by Gasteiger charge is -2.34. The SMILES string of the molecule is CCNC(=NCc1ccccc1OC)N1CCC(Oc2ccccc2)CC1.I. The van der Waals surface area contributed by atoms with Gasteiger partial charge in [-0.05, 0) is 25.1 Å². The zero-order chi connectivity index (χ0) is 18.9. The van der Waals surface area contributed by atoms with E-state index in [0.29, 0.717) is 6.54 Å². The lowest BCUT2D eigenvalue weighted by atomic mass is 10.1. The maximum absolute atomic E-state index is 6.10. The molecule has 1 N–H and O–H groups in total. The number of hydrogen-bond donors (Lipinski definition) is 1. The summed E-state index contributed by atoms with van der Waals surface area (Å²) in [6.07, 6.45) is 2.25. The Morgan fingerprint density at radius 1 is 1.07 bits per heavy atom. The molecular weight excluding hydrogens is 465 g/mol. The highest BCUT2D eigenvalue weighted by molar-refractivity contribution is 14.0. The Bertz CT molecular complexity index is 732. The van der Waals surface area contributed by atoms with Crippen molar-refractivity contribution < 1.29 is 9.47 Å². The fourth-order valence-corrected chi connectivity index (χ4v) is 3.30. The summed E-state index contributed by atoms with van der Waals surface area (Å²) < 4.78 is 11.5. The Kier molecular flexibility index (Phi) is 9.40. The van der Waals surface area contributed by atoms with Crippen LogP contribution in [-0.2, 0) is 6.54 Å². The molecule has 5 nitrogen and oxygen atoms in total. The molecule has 1 aliphatic heterocycles. The van der Waals surface area contributed by atoms with Crippen LogP contribution in [0.25, 0.3) is 0 Å². The Balaban J connectivity index is 0.00000280. The van der Waals surface area contributed by atoms with Crippen LogP contribution in [0.1, 0.15) is 25.3 Å². The average molecular weight is 495 g/mol. The van der Waals surface area contributed by atoms with Crippen LogP contribution in [0.2, 0.25) is 0 Å². The number of rotatable bonds is 6. The van der Waals surface area contributed by atoms with Gasteiger partial charge in [-0.25, -0.2) is 4.99 Å². The maximum atomic E-state index is 6.10. The van der Waals surface area contributed by atoms with Gasteiger partial charge in [-0.1, -0.05) is 36.4 Å². The van der Waals surface area contributed by atoms with E-state index >= 15 is 0 Å². The molecule has 3 rings (SSSR count). The summed E-state index contributed by atoms with van der Waals surface area (Å²) in [6, 6.07) is 18.1. The number of piperidine rings is 1. The predicted octanol–water partition coefficient (Wildman–Crippen LogP) is 4.32. The number of halogens is 1. The standard InChI is InChI=1S/C22H29N3O2.HI/c1-3-23-22(24-17-18-9-7-8-12-21(18)26-2)25-15-13-20(14-16-25)27-19-10-5-4-6-11-19;/h4-12,20H,3,13-17H2,1-2H3,(H,23,24);1H. The van der Waals surface area contributed by atoms with Crippen LogP contribution in [-0.4, -0.2) is 43.7 Å². The molecule has 1 saturated heterocycles. The summed E-state index contributed by atoms with van der Waals surface area (Å²) in [5.74, 6) is 2.79. The third-order valence-electron chi connectivity index (χ3n) is 4.71. The summed E-state index contributed by atoms with van der Waals surface area (Å²) in [7, 11) is 1.70. The molecule has 6 heteroatoms. The predicted molar refractivity (Wildman–Crippen MR) is 125 cm³/mol. The molecule has 0 radical (unpaired) electrons. The van der Waals surface area contributed by atoms with Crippen LogP contribution in [0.3, 0.4) is 0 Å². The number of aliphatic imine (C=N–C) groups is 1. The second-order valence-electron chi connectivity index (χ2n) is 6.60. The van der Waals surface area contributed by atoms with E-state index in [4.69, 9.17) is 14.5 Å². The second-order valence-corrected chi connectivity index (χ2v) is 6.60. The van der Waals surface area contributed by atoms with Crippen LogP contribution in [0, 0.1) is 0 Å². The summed E-state index contributed by atoms with van der Waals surface area (Å²) in [5.41, 5.74) is 1.10. The van der Waals surface area contributed by atoms with Crippen molar-refractivity contribution in [3.8, 4) is 11.5 Å². The number of likely N-dealkylation sites (tertiary alicyclic amines) is 1. The smallest absolute Gasteiger partial charge is 0.194 e. The van der Waals surface area contributed by atoms with Crippen molar-refractivity contribution in [2.45, 2.75) is 32.4 Å². The third-order valence-corrected chi connectivity index (χ3v) is 4.71. The second kappa shape index (κ2) is 11.8. The fourth-order valence-electron chi connectivity index (χ4n) is 3.30. The van der Waals surface area contributed by atoms with Crippen LogP contribution in [0.15, 0.2) is 59.6 Å². The molecule has 1 heterocycles. The molecule has 2 aromatic carbocycles. The largest absolute Gasteiger partial charge is 0.496 e. The van der Waals surface area contributed by atoms with E-state index in [0.717, 1.165) is 55.5 Å². The van der Waals surface area contributed by atoms with Gasteiger partial charge in [0.1, 0.15) is 17.6 Å². The molecule has 0 amide bonds. The minimum absolute atomic E-state index is 0. The molecule has 28 heavy (non-hydrogen) atoms. The van der Waals surface area contributed by atoms with Crippen LogP contribution < -0.4 is 14.8 Å². The average Bonchev–Trinajstić information content (AvgIpc) is 2.73. The molecule has 1 aliphatic rings. The van der Waals surface area contributed by atoms with Gasteiger partial charge in [0.2, 0.25) is 0 Å². The van der Waals surface area contributed by atoms with Crippen molar-refractivity contribution in [3.63, 3.8) is 0 Å². The van der Waals surface area contributed by atoms with Crippen molar-refractivity contribution in [2.24, 2.45) is 4.99 Å². The van der Waals surface area contributed by atoms with E-state index in [1.54, 1.807) is 7.11 Å². The fraction of sp³-hybridized carbons (Fsp3) is 0.409. The van der Waals surface area contributed by atoms with Gasteiger partial charge < -0.3 is 19.7 Å². The highest BCUT2D eigenvalue weighted by Gasteiger charge is 2.22. The van der Waals surface area contributed by atoms with E-state index in [2.05, 4.69) is 23.2 Å². The summed E-state index contributed by atoms with van der Waals surface area (Å²) in [6.45, 7) is 5.44. The van der Waals surface area contributed by atoms with E-state index in [-0.39, 0.29) is 30.1 Å². The van der Waals surface area contributed by atoms with E-state index in [1.165, 1.54) is 0 Å². The zero-order valence-corrected chi connectivity index (χ0v) is 19.0. The first-order chi connectivity index (χ1) is 13.3. The van der Waals surface area contributed by atoms with Gasteiger partial charge in [0.05, 0.1) is 13.7 Å². The minimum Gasteiger partial charge on any atom is -0.496 e. The lowest BCUT2D eigenvalue weighted by Crippen LogP contribution is -2.47. The van der Waals surface area contributed by atoms with Gasteiger partial charge >= 0.3 is 0 Å². The molecule has 2 aromatic rings. The lowest BCUT2D eigenvalue weighted by molar-refractivity contribution is 0.129. The summed E-state index contributed by atoms with van der Waals surface area (Å²) >= 11 is 0. The van der Waals surface area contributed by atoms with Crippen LogP contribution in [0.5, 0.6) is 11.5 Å². The first-order valence-corrected chi connectivity index (χ1v) is 9.67. The molecule has 0 unspecified atom stereocenters. The zero-order valence-electron chi connectivity index (χ0n) is 16.6. The molecule has 0 spiro atoms. The molecular formula is C22H30IN3O2. The maximum Gasteiger partial charge on any atom is 0.194 e. The molecule has 0 saturated carbocycles. The Labute approximate surface area is 185 Å². The molecule has 0 atom stereocenters. The Morgan fingerprint density at radius 3 is 2.43 bits per heavy atom. The Morgan fingerprint density at radius 2 is 1.75 bits per heavy atom. The summed E-state index contributed by atoms with van der Waals surface area (Å²) in [4.78, 5) is 7.16. The molecule has 0 bridgehead atoms. The van der Waals surface area contributed by atoms with Gasteiger partial charge in [0.25, 0.3) is 0 Å². The number of hydrogen-bond acceptors (Lipinski definition) is 3. The number of ether oxygens (including phenoxy) is 2. The van der Waals surface area contributed by atoms with E-state index < -0.39 is 0 Å². The van der Waals surface area contributed by atoms with Gasteiger partial charge in [-0.2, -0.15) is 0 Å². The third kappa shape index (κ3) is 6.29.